The van der Waals surface area contributed by atoms with Crippen LogP contribution in [0.3, 0.4) is 0 Å². The summed E-state index contributed by atoms with van der Waals surface area (Å²) in [7, 11) is 0. The number of fused-ring (bicyclic) bond motifs is 1. The highest BCUT2D eigenvalue weighted by atomic mass is 35.5. The molecular weight excluding hydrogens is 210 g/mol. The third-order valence-corrected chi connectivity index (χ3v) is 2.40. The highest BCUT2D eigenvalue weighted by molar-refractivity contribution is 5.85. The van der Waals surface area contributed by atoms with Crippen molar-refractivity contribution in [1.82, 2.24) is 0 Å². The van der Waals surface area contributed by atoms with Crippen molar-refractivity contribution in [3.8, 4) is 0 Å². The zero-order valence-corrected chi connectivity index (χ0v) is 9.08. The van der Waals surface area contributed by atoms with Crippen molar-refractivity contribution >= 4 is 23.2 Å². The highest BCUT2D eigenvalue weighted by Crippen LogP contribution is 2.18. The average Bonchev–Trinajstić information content (AvgIpc) is 2.27. The largest absolute Gasteiger partial charge is 0.394 e. The molecule has 0 aliphatic carbocycles. The molecule has 2 aromatic rings. The Morgan fingerprint density at radius 2 is 1.73 bits per heavy atom. The van der Waals surface area contributed by atoms with Gasteiger partial charge in [-0.15, -0.1) is 12.4 Å². The van der Waals surface area contributed by atoms with E-state index in [1.165, 1.54) is 5.39 Å². The fourth-order valence-corrected chi connectivity index (χ4v) is 1.54. The first kappa shape index (κ1) is 12.0. The first-order valence-electron chi connectivity index (χ1n) is 4.66. The summed E-state index contributed by atoms with van der Waals surface area (Å²) in [6.07, 6.45) is 0. The molecule has 0 saturated carbocycles. The number of nitrogens with two attached hydrogens (primary N) is 1. The lowest BCUT2D eigenvalue weighted by Crippen LogP contribution is -2.14. The van der Waals surface area contributed by atoms with Crippen molar-refractivity contribution in [2.24, 2.45) is 5.73 Å². The van der Waals surface area contributed by atoms with Gasteiger partial charge in [0.15, 0.2) is 0 Å². The van der Waals surface area contributed by atoms with Crippen molar-refractivity contribution in [1.29, 1.82) is 0 Å². The predicted molar refractivity (Wildman–Crippen MR) is 65.2 cm³/mol. The van der Waals surface area contributed by atoms with Crippen LogP contribution in [0.25, 0.3) is 10.8 Å². The van der Waals surface area contributed by atoms with Crippen LogP contribution in [0.2, 0.25) is 0 Å². The molecule has 0 spiro atoms. The van der Waals surface area contributed by atoms with Gasteiger partial charge in [0.05, 0.1) is 12.6 Å². The molecule has 2 nitrogen and oxygen atoms in total. The Labute approximate surface area is 95.1 Å². The lowest BCUT2D eigenvalue weighted by Gasteiger charge is -2.09. The molecule has 0 radical (unpaired) electrons. The predicted octanol–water partition coefficient (Wildman–Crippen LogP) is 2.25. The fraction of sp³-hybridized carbons (Fsp3) is 0.167. The summed E-state index contributed by atoms with van der Waals surface area (Å²) < 4.78 is 0. The minimum Gasteiger partial charge on any atom is -0.394 e. The van der Waals surface area contributed by atoms with Crippen LogP contribution in [0.15, 0.2) is 42.5 Å². The molecule has 0 amide bonds. The van der Waals surface area contributed by atoms with Gasteiger partial charge in [-0.1, -0.05) is 36.4 Å². The van der Waals surface area contributed by atoms with Gasteiger partial charge in [-0.2, -0.15) is 0 Å². The van der Waals surface area contributed by atoms with E-state index in [4.69, 9.17) is 10.8 Å². The zero-order chi connectivity index (χ0) is 9.97. The van der Waals surface area contributed by atoms with Crippen LogP contribution in [0.5, 0.6) is 0 Å². The standard InChI is InChI=1S/C12H13NO.ClH/c13-12(8-14)11-6-5-9-3-1-2-4-10(9)7-11;/h1-7,12,14H,8,13H2;1H/t12-;/m0./s1. The first-order valence-corrected chi connectivity index (χ1v) is 4.66. The van der Waals surface area contributed by atoms with E-state index >= 15 is 0 Å². The summed E-state index contributed by atoms with van der Waals surface area (Å²) in [4.78, 5) is 0. The maximum absolute atomic E-state index is 8.94. The lowest BCUT2D eigenvalue weighted by molar-refractivity contribution is 0.268. The van der Waals surface area contributed by atoms with Crippen LogP contribution in [0.4, 0.5) is 0 Å². The molecule has 0 bridgehead atoms. The molecule has 0 aliphatic rings. The van der Waals surface area contributed by atoms with E-state index < -0.39 is 0 Å². The molecule has 3 heteroatoms. The quantitative estimate of drug-likeness (QED) is 0.821. The van der Waals surface area contributed by atoms with Crippen LogP contribution in [0.1, 0.15) is 11.6 Å². The Bertz CT molecular complexity index is 444. The van der Waals surface area contributed by atoms with Gasteiger partial charge in [-0.3, -0.25) is 0 Å². The molecule has 15 heavy (non-hydrogen) atoms. The van der Waals surface area contributed by atoms with Crippen LogP contribution in [0, 0.1) is 0 Å². The topological polar surface area (TPSA) is 46.2 Å². The van der Waals surface area contributed by atoms with Gasteiger partial charge in [0.2, 0.25) is 0 Å². The minimum atomic E-state index is -0.278. The first-order chi connectivity index (χ1) is 6.81. The molecule has 80 valence electrons. The summed E-state index contributed by atoms with van der Waals surface area (Å²) in [6.45, 7) is -0.0155. The zero-order valence-electron chi connectivity index (χ0n) is 8.26. The smallest absolute Gasteiger partial charge is 0.0624 e. The molecule has 2 aromatic carbocycles. The fourth-order valence-electron chi connectivity index (χ4n) is 1.54. The van der Waals surface area contributed by atoms with E-state index in [0.29, 0.717) is 0 Å². The van der Waals surface area contributed by atoms with Gasteiger partial charge in [0.1, 0.15) is 0 Å². The molecule has 0 saturated heterocycles. The van der Waals surface area contributed by atoms with E-state index in [0.717, 1.165) is 10.9 Å². The van der Waals surface area contributed by atoms with Gasteiger partial charge < -0.3 is 10.8 Å². The Morgan fingerprint density at radius 3 is 2.40 bits per heavy atom. The van der Waals surface area contributed by atoms with Gasteiger partial charge in [0.25, 0.3) is 0 Å². The number of hydrogen-bond acceptors (Lipinski definition) is 2. The number of aliphatic hydroxyl groups is 1. The summed E-state index contributed by atoms with van der Waals surface area (Å²) in [5.41, 5.74) is 6.71. The second-order valence-electron chi connectivity index (χ2n) is 3.40. The summed E-state index contributed by atoms with van der Waals surface area (Å²) in [5, 5.41) is 11.3. The third-order valence-electron chi connectivity index (χ3n) is 2.40. The molecule has 0 heterocycles. The van der Waals surface area contributed by atoms with Crippen molar-refractivity contribution in [3.63, 3.8) is 0 Å². The Balaban J connectivity index is 0.00000112. The van der Waals surface area contributed by atoms with Crippen molar-refractivity contribution in [2.75, 3.05) is 6.61 Å². The average molecular weight is 224 g/mol. The SMILES string of the molecule is Cl.N[C@@H](CO)c1ccc2ccccc2c1. The second kappa shape index (κ2) is 5.12. The summed E-state index contributed by atoms with van der Waals surface area (Å²) in [5.74, 6) is 0. The van der Waals surface area contributed by atoms with Crippen LogP contribution >= 0.6 is 12.4 Å². The number of aliphatic hydroxyl groups excluding tert-OH is 1. The molecule has 0 aromatic heterocycles. The molecule has 3 N–H and O–H groups in total. The molecule has 0 fully saturated rings. The normalized spacial score (nSPS) is 12.1. The number of rotatable bonds is 2. The Hall–Kier alpha value is -1.09. The minimum absolute atomic E-state index is 0. The second-order valence-corrected chi connectivity index (χ2v) is 3.40. The molecule has 0 unspecified atom stereocenters. The Morgan fingerprint density at radius 1 is 1.07 bits per heavy atom. The number of hydrogen-bond donors (Lipinski definition) is 2. The van der Waals surface area contributed by atoms with E-state index in [2.05, 4.69) is 6.07 Å². The molecule has 1 atom stereocenters. The number of halogens is 1. The molecule has 2 rings (SSSR count). The molecule has 0 aliphatic heterocycles. The van der Waals surface area contributed by atoms with Gasteiger partial charge in [-0.05, 0) is 22.4 Å². The third kappa shape index (κ3) is 2.48. The molecular formula is C12H14ClNO. The highest BCUT2D eigenvalue weighted by Gasteiger charge is 2.03. The van der Waals surface area contributed by atoms with Crippen molar-refractivity contribution < 1.29 is 5.11 Å². The maximum Gasteiger partial charge on any atom is 0.0624 e. The van der Waals surface area contributed by atoms with E-state index in [9.17, 15) is 0 Å². The van der Waals surface area contributed by atoms with Gasteiger partial charge in [0, 0.05) is 0 Å². The summed E-state index contributed by atoms with van der Waals surface area (Å²) >= 11 is 0. The van der Waals surface area contributed by atoms with Gasteiger partial charge in [-0.25, -0.2) is 0 Å². The van der Waals surface area contributed by atoms with Gasteiger partial charge >= 0.3 is 0 Å². The Kier molecular flexibility index (Phi) is 4.09. The van der Waals surface area contributed by atoms with E-state index in [1.54, 1.807) is 0 Å². The van der Waals surface area contributed by atoms with E-state index in [-0.39, 0.29) is 25.1 Å². The monoisotopic (exact) mass is 223 g/mol. The number of benzene rings is 2. The van der Waals surface area contributed by atoms with Crippen LogP contribution in [-0.2, 0) is 0 Å². The van der Waals surface area contributed by atoms with Crippen molar-refractivity contribution in [2.45, 2.75) is 6.04 Å². The summed E-state index contributed by atoms with van der Waals surface area (Å²) in [6, 6.07) is 13.8. The maximum atomic E-state index is 8.94. The van der Waals surface area contributed by atoms with E-state index in [1.807, 2.05) is 36.4 Å². The van der Waals surface area contributed by atoms with Crippen LogP contribution < -0.4 is 5.73 Å². The van der Waals surface area contributed by atoms with Crippen LogP contribution in [-0.4, -0.2) is 11.7 Å². The lowest BCUT2D eigenvalue weighted by atomic mass is 10.0. The van der Waals surface area contributed by atoms with Crippen molar-refractivity contribution in [3.05, 3.63) is 48.0 Å².